The molecule has 0 radical (unpaired) electrons. The molecular weight excluding hydrogens is 329 g/mol. The molecule has 2 atom stereocenters. The summed E-state index contributed by atoms with van der Waals surface area (Å²) in [6, 6.07) is 8.79. The van der Waals surface area contributed by atoms with Gasteiger partial charge in [0.2, 0.25) is 0 Å². The number of nitro benzene ring substituents is 1. The smallest absolute Gasteiger partial charge is 0.293 e. The van der Waals surface area contributed by atoms with Crippen molar-refractivity contribution in [3.8, 4) is 0 Å². The molecule has 0 spiro atoms. The molecule has 0 saturated carbocycles. The molecule has 3 N–H and O–H groups in total. The van der Waals surface area contributed by atoms with Crippen LogP contribution in [0, 0.1) is 15.9 Å². The molecule has 0 fully saturated rings. The van der Waals surface area contributed by atoms with E-state index < -0.39 is 28.8 Å². The Morgan fingerprint density at radius 3 is 2.44 bits per heavy atom. The van der Waals surface area contributed by atoms with Gasteiger partial charge in [0, 0.05) is 18.7 Å². The first-order valence-corrected chi connectivity index (χ1v) is 7.54. The van der Waals surface area contributed by atoms with Crippen LogP contribution in [0.4, 0.5) is 15.8 Å². The largest absolute Gasteiger partial charge is 0.386 e. The molecule has 0 aliphatic heterocycles. The Labute approximate surface area is 143 Å². The average molecular weight is 347 g/mol. The number of hydrogen-bond acceptors (Lipinski definition) is 5. The first-order chi connectivity index (χ1) is 11.8. The number of nitro groups is 1. The molecule has 0 saturated heterocycles. The van der Waals surface area contributed by atoms with Gasteiger partial charge in [-0.2, -0.15) is 0 Å². The number of amides is 1. The number of halogens is 1. The van der Waals surface area contributed by atoms with Crippen LogP contribution in [0.25, 0.3) is 0 Å². The molecule has 0 heterocycles. The van der Waals surface area contributed by atoms with Gasteiger partial charge in [0.1, 0.15) is 11.5 Å². The first-order valence-electron chi connectivity index (χ1n) is 7.54. The van der Waals surface area contributed by atoms with E-state index >= 15 is 0 Å². The number of carbonyl (C=O) groups excluding carboxylic acids is 1. The van der Waals surface area contributed by atoms with Crippen LogP contribution < -0.4 is 10.6 Å². The van der Waals surface area contributed by atoms with Crippen molar-refractivity contribution < 1.29 is 19.2 Å². The van der Waals surface area contributed by atoms with Crippen LogP contribution in [-0.4, -0.2) is 29.0 Å². The number of anilines is 1. The minimum absolute atomic E-state index is 0.159. The van der Waals surface area contributed by atoms with Gasteiger partial charge in [-0.25, -0.2) is 4.39 Å². The minimum Gasteiger partial charge on any atom is -0.386 e. The predicted molar refractivity (Wildman–Crippen MR) is 90.9 cm³/mol. The second kappa shape index (κ2) is 7.71. The second-order valence-electron chi connectivity index (χ2n) is 5.50. The van der Waals surface area contributed by atoms with Gasteiger partial charge in [0.05, 0.1) is 17.1 Å². The fourth-order valence-corrected chi connectivity index (χ4v) is 2.36. The number of aliphatic hydroxyl groups is 1. The van der Waals surface area contributed by atoms with Crippen LogP contribution in [0.15, 0.2) is 42.5 Å². The molecule has 1 amide bonds. The second-order valence-corrected chi connectivity index (χ2v) is 5.50. The van der Waals surface area contributed by atoms with Crippen molar-refractivity contribution in [2.45, 2.75) is 19.1 Å². The molecule has 25 heavy (non-hydrogen) atoms. The van der Waals surface area contributed by atoms with Gasteiger partial charge < -0.3 is 15.7 Å². The van der Waals surface area contributed by atoms with Crippen LogP contribution >= 0.6 is 0 Å². The van der Waals surface area contributed by atoms with Crippen molar-refractivity contribution in [2.24, 2.45) is 0 Å². The van der Waals surface area contributed by atoms with E-state index in [9.17, 15) is 24.4 Å². The maximum Gasteiger partial charge on any atom is 0.293 e. The van der Waals surface area contributed by atoms with Crippen molar-refractivity contribution in [3.63, 3.8) is 0 Å². The zero-order valence-electron chi connectivity index (χ0n) is 13.7. The number of nitrogens with zero attached hydrogens (tertiary/aromatic N) is 1. The zero-order valence-corrected chi connectivity index (χ0v) is 13.7. The standard InChI is InChI=1S/C17H18FN3O4/c1-10(16(22)11-3-6-13(18)7-4-11)20-14-8-5-12(17(23)19-2)9-15(14)21(24)25/h3-10,16,20,22H,1-2H3,(H,19,23)/t10-,16-/m0/s1. The summed E-state index contributed by atoms with van der Waals surface area (Å²) >= 11 is 0. The average Bonchev–Trinajstić information content (AvgIpc) is 2.61. The maximum atomic E-state index is 13.0. The summed E-state index contributed by atoms with van der Waals surface area (Å²) in [5.41, 5.74) is 0.531. The summed E-state index contributed by atoms with van der Waals surface area (Å²) in [6.45, 7) is 1.64. The summed E-state index contributed by atoms with van der Waals surface area (Å²) in [4.78, 5) is 22.3. The molecular formula is C17H18FN3O4. The molecule has 8 heteroatoms. The molecule has 2 aromatic carbocycles. The number of hydrogen-bond donors (Lipinski definition) is 3. The Hall–Kier alpha value is -3.00. The van der Waals surface area contributed by atoms with Crippen molar-refractivity contribution in [3.05, 3.63) is 69.5 Å². The summed E-state index contributed by atoms with van der Waals surface area (Å²) in [5, 5.41) is 26.9. The van der Waals surface area contributed by atoms with Crippen molar-refractivity contribution in [1.82, 2.24) is 5.32 Å². The van der Waals surface area contributed by atoms with Gasteiger partial charge in [-0.3, -0.25) is 14.9 Å². The Morgan fingerprint density at radius 1 is 1.24 bits per heavy atom. The molecule has 0 aliphatic carbocycles. The number of rotatable bonds is 6. The number of benzene rings is 2. The maximum absolute atomic E-state index is 13.0. The van der Waals surface area contributed by atoms with Crippen LogP contribution in [0.5, 0.6) is 0 Å². The summed E-state index contributed by atoms with van der Waals surface area (Å²) in [7, 11) is 1.43. The number of carbonyl (C=O) groups is 1. The highest BCUT2D eigenvalue weighted by molar-refractivity contribution is 5.95. The normalized spacial score (nSPS) is 13.0. The van der Waals surface area contributed by atoms with E-state index in [0.717, 1.165) is 6.07 Å². The number of aliphatic hydroxyl groups excluding tert-OH is 1. The SMILES string of the molecule is CNC(=O)c1ccc(N[C@@H](C)[C@H](O)c2ccc(F)cc2)c([N+](=O)[O-])c1. The Morgan fingerprint density at radius 2 is 1.88 bits per heavy atom. The highest BCUT2D eigenvalue weighted by atomic mass is 19.1. The third-order valence-corrected chi connectivity index (χ3v) is 3.75. The summed E-state index contributed by atoms with van der Waals surface area (Å²) < 4.78 is 13.0. The van der Waals surface area contributed by atoms with Gasteiger partial charge >= 0.3 is 0 Å². The Bertz CT molecular complexity index is 780. The predicted octanol–water partition coefficient (Wildman–Crippen LogP) is 2.63. The van der Waals surface area contributed by atoms with Gasteiger partial charge in [-0.15, -0.1) is 0 Å². The van der Waals surface area contributed by atoms with Gasteiger partial charge in [0.15, 0.2) is 0 Å². The quantitative estimate of drug-likeness (QED) is 0.550. The Kier molecular flexibility index (Phi) is 5.66. The van der Waals surface area contributed by atoms with E-state index in [1.165, 1.54) is 43.4 Å². The molecule has 2 aromatic rings. The van der Waals surface area contributed by atoms with Gasteiger partial charge in [-0.05, 0) is 36.8 Å². The van der Waals surface area contributed by atoms with E-state index in [-0.39, 0.29) is 16.9 Å². The van der Waals surface area contributed by atoms with E-state index in [2.05, 4.69) is 10.6 Å². The van der Waals surface area contributed by atoms with E-state index in [0.29, 0.717) is 5.56 Å². The molecule has 7 nitrogen and oxygen atoms in total. The van der Waals surface area contributed by atoms with Crippen molar-refractivity contribution in [1.29, 1.82) is 0 Å². The van der Waals surface area contributed by atoms with E-state index in [4.69, 9.17) is 0 Å². The van der Waals surface area contributed by atoms with Crippen molar-refractivity contribution in [2.75, 3.05) is 12.4 Å². The fourth-order valence-electron chi connectivity index (χ4n) is 2.36. The third kappa shape index (κ3) is 4.30. The highest BCUT2D eigenvalue weighted by Crippen LogP contribution is 2.28. The Balaban J connectivity index is 2.24. The highest BCUT2D eigenvalue weighted by Gasteiger charge is 2.22. The molecule has 0 aromatic heterocycles. The lowest BCUT2D eigenvalue weighted by Gasteiger charge is -2.21. The topological polar surface area (TPSA) is 104 Å². The lowest BCUT2D eigenvalue weighted by molar-refractivity contribution is -0.384. The van der Waals surface area contributed by atoms with Crippen LogP contribution in [0.3, 0.4) is 0 Å². The van der Waals surface area contributed by atoms with Gasteiger partial charge in [-0.1, -0.05) is 12.1 Å². The van der Waals surface area contributed by atoms with Gasteiger partial charge in [0.25, 0.3) is 11.6 Å². The van der Waals surface area contributed by atoms with E-state index in [1.807, 2.05) is 0 Å². The monoisotopic (exact) mass is 347 g/mol. The molecule has 2 rings (SSSR count). The number of nitrogens with one attached hydrogen (secondary N) is 2. The minimum atomic E-state index is -1.00. The molecule has 0 bridgehead atoms. The molecule has 0 aliphatic rings. The van der Waals surface area contributed by atoms with Crippen LogP contribution in [0.1, 0.15) is 28.9 Å². The van der Waals surface area contributed by atoms with Crippen LogP contribution in [0.2, 0.25) is 0 Å². The lowest BCUT2D eigenvalue weighted by atomic mass is 10.0. The lowest BCUT2D eigenvalue weighted by Crippen LogP contribution is -2.25. The van der Waals surface area contributed by atoms with E-state index in [1.54, 1.807) is 6.92 Å². The summed E-state index contributed by atoms with van der Waals surface area (Å²) in [6.07, 6.45) is -1.00. The zero-order chi connectivity index (χ0) is 18.6. The van der Waals surface area contributed by atoms with Crippen molar-refractivity contribution >= 4 is 17.3 Å². The van der Waals surface area contributed by atoms with Crippen LogP contribution in [-0.2, 0) is 0 Å². The summed E-state index contributed by atoms with van der Waals surface area (Å²) in [5.74, 6) is -0.856. The first kappa shape index (κ1) is 18.3. The third-order valence-electron chi connectivity index (χ3n) is 3.75. The molecule has 132 valence electrons. The fraction of sp³-hybridized carbons (Fsp3) is 0.235. The molecule has 0 unspecified atom stereocenters.